The predicted octanol–water partition coefficient (Wildman–Crippen LogP) is 2.22. The number of rotatable bonds is 10. The van der Waals surface area contributed by atoms with Crippen LogP contribution < -0.4 is 20.1 Å². The van der Waals surface area contributed by atoms with E-state index in [4.69, 9.17) is 16.3 Å². The van der Waals surface area contributed by atoms with Crippen LogP contribution in [0.1, 0.15) is 20.8 Å². The van der Waals surface area contributed by atoms with Gasteiger partial charge in [-0.1, -0.05) is 11.6 Å². The molecular weight excluding hydrogens is 491 g/mol. The number of halogens is 2. The third kappa shape index (κ3) is 11.0. The Labute approximate surface area is 178 Å². The van der Waals surface area contributed by atoms with Gasteiger partial charge in [0.05, 0.1) is 12.3 Å². The molecule has 0 saturated heterocycles. The van der Waals surface area contributed by atoms with Gasteiger partial charge in [0.25, 0.3) is 0 Å². The quantitative estimate of drug-likeness (QED) is 0.191. The van der Waals surface area contributed by atoms with Gasteiger partial charge in [0.1, 0.15) is 11.9 Å². The smallest absolute Gasteiger partial charge is 0.211 e. The highest BCUT2D eigenvalue weighted by atomic mass is 127. The van der Waals surface area contributed by atoms with Crippen LogP contribution in [-0.2, 0) is 10.0 Å². The summed E-state index contributed by atoms with van der Waals surface area (Å²) in [4.78, 5) is 4.45. The summed E-state index contributed by atoms with van der Waals surface area (Å²) in [6.07, 6.45) is -0.116. The van der Waals surface area contributed by atoms with Crippen molar-refractivity contribution in [2.45, 2.75) is 26.9 Å². The summed E-state index contributed by atoms with van der Waals surface area (Å²) < 4.78 is 31.0. The van der Waals surface area contributed by atoms with Crippen molar-refractivity contribution >= 4 is 51.6 Å². The van der Waals surface area contributed by atoms with Gasteiger partial charge < -0.3 is 15.4 Å². The maximum Gasteiger partial charge on any atom is 0.211 e. The van der Waals surface area contributed by atoms with E-state index in [2.05, 4.69) is 20.3 Å². The van der Waals surface area contributed by atoms with Crippen LogP contribution in [0.15, 0.2) is 29.3 Å². The molecule has 1 aromatic carbocycles. The molecule has 3 N–H and O–H groups in total. The first kappa shape index (κ1) is 25.2. The van der Waals surface area contributed by atoms with Gasteiger partial charge in [0.2, 0.25) is 10.0 Å². The first-order chi connectivity index (χ1) is 11.9. The van der Waals surface area contributed by atoms with Crippen molar-refractivity contribution in [1.82, 2.24) is 15.4 Å². The summed E-state index contributed by atoms with van der Waals surface area (Å²) in [5, 5.41) is 6.85. The molecule has 0 saturated carbocycles. The van der Waals surface area contributed by atoms with E-state index < -0.39 is 10.0 Å². The highest BCUT2D eigenvalue weighted by Crippen LogP contribution is 2.16. The summed E-state index contributed by atoms with van der Waals surface area (Å²) in [5.41, 5.74) is 0. The molecule has 1 atom stereocenters. The van der Waals surface area contributed by atoms with Gasteiger partial charge in [-0.15, -0.1) is 24.0 Å². The zero-order valence-electron chi connectivity index (χ0n) is 15.3. The number of ether oxygens (including phenoxy) is 1. The maximum absolute atomic E-state index is 11.4. The number of nitrogens with zero attached hydrogens (tertiary/aromatic N) is 1. The van der Waals surface area contributed by atoms with Gasteiger partial charge in [-0.2, -0.15) is 0 Å². The Balaban J connectivity index is 0.00000625. The zero-order valence-corrected chi connectivity index (χ0v) is 19.2. The number of aliphatic imine (C=N–C) groups is 1. The van der Waals surface area contributed by atoms with Crippen molar-refractivity contribution in [3.63, 3.8) is 0 Å². The second-order valence-electron chi connectivity index (χ2n) is 5.33. The summed E-state index contributed by atoms with van der Waals surface area (Å²) >= 11 is 5.85. The third-order valence-corrected chi connectivity index (χ3v) is 4.78. The van der Waals surface area contributed by atoms with Crippen LogP contribution in [0.3, 0.4) is 0 Å². The lowest BCUT2D eigenvalue weighted by atomic mass is 10.3. The normalized spacial score (nSPS) is 12.8. The van der Waals surface area contributed by atoms with Crippen molar-refractivity contribution in [2.75, 3.05) is 31.9 Å². The second-order valence-corrected chi connectivity index (χ2v) is 7.86. The molecule has 0 aliphatic carbocycles. The molecule has 0 spiro atoms. The second kappa shape index (κ2) is 13.4. The minimum atomic E-state index is -3.17. The minimum Gasteiger partial charge on any atom is -0.489 e. The molecule has 150 valence electrons. The molecule has 0 radical (unpaired) electrons. The average molecular weight is 519 g/mol. The van der Waals surface area contributed by atoms with Crippen LogP contribution in [-0.4, -0.2) is 52.4 Å². The molecule has 7 nitrogen and oxygen atoms in total. The van der Waals surface area contributed by atoms with Gasteiger partial charge in [-0.3, -0.25) is 0 Å². The molecular formula is C16H28ClIN4O3S. The van der Waals surface area contributed by atoms with E-state index in [9.17, 15) is 8.42 Å². The van der Waals surface area contributed by atoms with Crippen molar-refractivity contribution < 1.29 is 13.2 Å². The fourth-order valence-corrected chi connectivity index (χ4v) is 2.58. The van der Waals surface area contributed by atoms with Gasteiger partial charge in [0.15, 0.2) is 5.96 Å². The van der Waals surface area contributed by atoms with E-state index in [1.807, 2.05) is 26.0 Å². The molecule has 1 rings (SSSR count). The van der Waals surface area contributed by atoms with E-state index in [0.717, 1.165) is 5.75 Å². The van der Waals surface area contributed by atoms with Crippen LogP contribution in [0.5, 0.6) is 5.75 Å². The van der Waals surface area contributed by atoms with Gasteiger partial charge in [-0.05, 0) is 45.0 Å². The van der Waals surface area contributed by atoms with Crippen LogP contribution in [0.25, 0.3) is 0 Å². The van der Waals surface area contributed by atoms with E-state index in [1.165, 1.54) is 0 Å². The molecule has 1 aromatic rings. The lowest BCUT2D eigenvalue weighted by Gasteiger charge is -2.15. The summed E-state index contributed by atoms with van der Waals surface area (Å²) in [7, 11) is -3.17. The Bertz CT molecular complexity index is 641. The molecule has 1 unspecified atom stereocenters. The monoisotopic (exact) mass is 518 g/mol. The average Bonchev–Trinajstić information content (AvgIpc) is 2.58. The Morgan fingerprint density at radius 3 is 2.42 bits per heavy atom. The topological polar surface area (TPSA) is 91.8 Å². The molecule has 0 bridgehead atoms. The Kier molecular flexibility index (Phi) is 13.0. The van der Waals surface area contributed by atoms with Gasteiger partial charge >= 0.3 is 0 Å². The third-order valence-electron chi connectivity index (χ3n) is 3.12. The van der Waals surface area contributed by atoms with Crippen molar-refractivity contribution in [2.24, 2.45) is 4.99 Å². The molecule has 26 heavy (non-hydrogen) atoms. The van der Waals surface area contributed by atoms with E-state index in [0.29, 0.717) is 37.2 Å². The summed E-state index contributed by atoms with van der Waals surface area (Å²) in [6.45, 7) is 7.40. The Morgan fingerprint density at radius 1 is 1.19 bits per heavy atom. The number of nitrogens with one attached hydrogen (secondary N) is 3. The first-order valence-electron chi connectivity index (χ1n) is 8.28. The highest BCUT2D eigenvalue weighted by molar-refractivity contribution is 14.0. The minimum absolute atomic E-state index is 0. The maximum atomic E-state index is 11.4. The van der Waals surface area contributed by atoms with Crippen molar-refractivity contribution in [3.8, 4) is 5.75 Å². The molecule has 0 aliphatic rings. The summed E-state index contributed by atoms with van der Waals surface area (Å²) in [6, 6.07) is 7.17. The number of benzene rings is 1. The standard InChI is InChI=1S/C16H27ClN4O3S.HI/c1-4-18-16(19-10-11-21-25(22,23)5-2)20-12-13(3)24-15-8-6-14(17)7-9-15;/h6-9,13,21H,4-5,10-12H2,1-3H3,(H2,18,19,20);1H. The molecule has 0 heterocycles. The van der Waals surface area contributed by atoms with Crippen LogP contribution in [0.4, 0.5) is 0 Å². The fraction of sp³-hybridized carbons (Fsp3) is 0.562. The van der Waals surface area contributed by atoms with Crippen LogP contribution in [0, 0.1) is 0 Å². The number of sulfonamides is 1. The number of hydrogen-bond acceptors (Lipinski definition) is 4. The number of guanidine groups is 1. The zero-order chi connectivity index (χ0) is 18.7. The first-order valence-corrected chi connectivity index (χ1v) is 10.3. The molecule has 0 amide bonds. The molecule has 0 fully saturated rings. The summed E-state index contributed by atoms with van der Waals surface area (Å²) in [5.74, 6) is 1.42. The van der Waals surface area contributed by atoms with Gasteiger partial charge in [-0.25, -0.2) is 18.1 Å². The Hall–Kier alpha value is -0.780. The van der Waals surface area contributed by atoms with Crippen molar-refractivity contribution in [3.05, 3.63) is 29.3 Å². The largest absolute Gasteiger partial charge is 0.489 e. The predicted molar refractivity (Wildman–Crippen MR) is 118 cm³/mol. The fourth-order valence-electron chi connectivity index (χ4n) is 1.83. The molecule has 0 aromatic heterocycles. The van der Waals surface area contributed by atoms with Crippen LogP contribution in [0.2, 0.25) is 5.02 Å². The molecule has 10 heteroatoms. The Morgan fingerprint density at radius 2 is 1.85 bits per heavy atom. The SMILES string of the molecule is CCNC(=NCC(C)Oc1ccc(Cl)cc1)NCCNS(=O)(=O)CC.I. The number of hydrogen-bond donors (Lipinski definition) is 3. The van der Waals surface area contributed by atoms with Gasteiger partial charge in [0, 0.05) is 24.7 Å². The van der Waals surface area contributed by atoms with E-state index in [1.54, 1.807) is 19.1 Å². The molecule has 0 aliphatic heterocycles. The highest BCUT2D eigenvalue weighted by Gasteiger charge is 2.06. The van der Waals surface area contributed by atoms with Crippen molar-refractivity contribution in [1.29, 1.82) is 0 Å². The lowest BCUT2D eigenvalue weighted by Crippen LogP contribution is -2.42. The lowest BCUT2D eigenvalue weighted by molar-refractivity contribution is 0.230. The van der Waals surface area contributed by atoms with E-state index in [-0.39, 0.29) is 35.8 Å². The van der Waals surface area contributed by atoms with Crippen LogP contribution >= 0.6 is 35.6 Å². The van der Waals surface area contributed by atoms with E-state index >= 15 is 0 Å².